The minimum absolute atomic E-state index is 0.119. The second kappa shape index (κ2) is 4.72. The predicted octanol–water partition coefficient (Wildman–Crippen LogP) is 2.70. The van der Waals surface area contributed by atoms with Crippen LogP contribution in [-0.4, -0.2) is 23.0 Å². The molecule has 2 aliphatic carbocycles. The Bertz CT molecular complexity index is 454. The number of aromatic nitrogens is 1. The lowest BCUT2D eigenvalue weighted by Gasteiger charge is -2.00. The lowest BCUT2D eigenvalue weighted by atomic mass is 10.4. The Morgan fingerprint density at radius 3 is 2.39 bits per heavy atom. The third-order valence-electron chi connectivity index (χ3n) is 3.27. The molecule has 6 nitrogen and oxygen atoms in total. The molecule has 0 aliphatic heterocycles. The van der Waals surface area contributed by atoms with Crippen LogP contribution in [0.3, 0.4) is 0 Å². The Hall–Kier alpha value is -1.37. The summed E-state index contributed by atoms with van der Waals surface area (Å²) in [6, 6.07) is 0. The van der Waals surface area contributed by atoms with Crippen molar-refractivity contribution < 1.29 is 4.92 Å². The first kappa shape index (κ1) is 11.7. The molecule has 0 radical (unpaired) electrons. The van der Waals surface area contributed by atoms with Gasteiger partial charge in [0.2, 0.25) is 5.82 Å². The maximum absolute atomic E-state index is 11.0. The SMILES string of the molecule is O=[N+]([O-])c1sc(NCC2CC2)nc1NCC1CC1. The van der Waals surface area contributed by atoms with Gasteiger partial charge in [0, 0.05) is 13.1 Å². The van der Waals surface area contributed by atoms with Gasteiger partial charge in [-0.1, -0.05) is 0 Å². The van der Waals surface area contributed by atoms with Crippen LogP contribution in [0.15, 0.2) is 0 Å². The lowest BCUT2D eigenvalue weighted by Crippen LogP contribution is -2.06. The highest BCUT2D eigenvalue weighted by Crippen LogP contribution is 2.37. The molecule has 1 aromatic heterocycles. The van der Waals surface area contributed by atoms with Crippen molar-refractivity contribution in [1.82, 2.24) is 4.98 Å². The van der Waals surface area contributed by atoms with Crippen LogP contribution in [0.4, 0.5) is 16.0 Å². The van der Waals surface area contributed by atoms with Crippen LogP contribution >= 0.6 is 11.3 Å². The number of rotatable bonds is 7. The van der Waals surface area contributed by atoms with Gasteiger partial charge in [0.1, 0.15) is 0 Å². The number of anilines is 2. The van der Waals surface area contributed by atoms with Gasteiger partial charge >= 0.3 is 5.00 Å². The van der Waals surface area contributed by atoms with Crippen molar-refractivity contribution in [3.8, 4) is 0 Å². The molecule has 0 unspecified atom stereocenters. The third-order valence-corrected chi connectivity index (χ3v) is 4.23. The molecule has 0 atom stereocenters. The summed E-state index contributed by atoms with van der Waals surface area (Å²) in [4.78, 5) is 14.9. The molecule has 2 aliphatic rings. The quantitative estimate of drug-likeness (QED) is 0.587. The fourth-order valence-corrected chi connectivity index (χ4v) is 2.51. The normalized spacial score (nSPS) is 18.7. The Kier molecular flexibility index (Phi) is 3.07. The standard InChI is InChI=1S/C11H16N4O2S/c16-15(17)10-9(12-5-7-1-2-7)14-11(18-10)13-6-8-3-4-8/h7-8,12H,1-6H2,(H,13,14). The molecule has 2 N–H and O–H groups in total. The molecule has 7 heteroatoms. The summed E-state index contributed by atoms with van der Waals surface area (Å²) in [5.74, 6) is 1.83. The molecule has 18 heavy (non-hydrogen) atoms. The molecule has 2 saturated carbocycles. The van der Waals surface area contributed by atoms with Crippen LogP contribution in [0.5, 0.6) is 0 Å². The van der Waals surface area contributed by atoms with Gasteiger partial charge in [0.25, 0.3) is 0 Å². The molecule has 0 spiro atoms. The number of nitrogens with one attached hydrogen (secondary N) is 2. The first-order valence-electron chi connectivity index (χ1n) is 6.35. The van der Waals surface area contributed by atoms with Gasteiger partial charge in [-0.05, 0) is 48.9 Å². The van der Waals surface area contributed by atoms with E-state index in [0.29, 0.717) is 16.9 Å². The molecule has 0 amide bonds. The van der Waals surface area contributed by atoms with E-state index < -0.39 is 0 Å². The monoisotopic (exact) mass is 268 g/mol. The van der Waals surface area contributed by atoms with Gasteiger partial charge in [-0.15, -0.1) is 0 Å². The van der Waals surface area contributed by atoms with Crippen molar-refractivity contribution in [1.29, 1.82) is 0 Å². The van der Waals surface area contributed by atoms with Crippen LogP contribution in [0.1, 0.15) is 25.7 Å². The van der Waals surface area contributed by atoms with E-state index in [1.54, 1.807) is 0 Å². The van der Waals surface area contributed by atoms with Gasteiger partial charge < -0.3 is 10.6 Å². The van der Waals surface area contributed by atoms with Crippen molar-refractivity contribution in [3.05, 3.63) is 10.1 Å². The van der Waals surface area contributed by atoms with Crippen molar-refractivity contribution in [3.63, 3.8) is 0 Å². The lowest BCUT2D eigenvalue weighted by molar-refractivity contribution is -0.379. The minimum Gasteiger partial charge on any atom is -0.363 e. The smallest absolute Gasteiger partial charge is 0.363 e. The molecule has 1 aromatic rings. The number of nitro groups is 1. The zero-order valence-electron chi connectivity index (χ0n) is 10.0. The van der Waals surface area contributed by atoms with Crippen molar-refractivity contribution in [2.45, 2.75) is 25.7 Å². The van der Waals surface area contributed by atoms with E-state index in [0.717, 1.165) is 30.3 Å². The Morgan fingerprint density at radius 2 is 1.83 bits per heavy atom. The molecule has 1 heterocycles. The number of thiazole rings is 1. The van der Waals surface area contributed by atoms with Gasteiger partial charge in [-0.2, -0.15) is 4.98 Å². The summed E-state index contributed by atoms with van der Waals surface area (Å²) >= 11 is 1.13. The molecule has 3 rings (SSSR count). The summed E-state index contributed by atoms with van der Waals surface area (Å²) in [5.41, 5.74) is 0. The van der Waals surface area contributed by atoms with Crippen molar-refractivity contribution >= 4 is 27.3 Å². The molecule has 0 bridgehead atoms. The fraction of sp³-hybridized carbons (Fsp3) is 0.727. The van der Waals surface area contributed by atoms with Crippen molar-refractivity contribution in [2.75, 3.05) is 23.7 Å². The zero-order chi connectivity index (χ0) is 12.5. The van der Waals surface area contributed by atoms with E-state index in [9.17, 15) is 10.1 Å². The van der Waals surface area contributed by atoms with E-state index in [4.69, 9.17) is 0 Å². The fourth-order valence-electron chi connectivity index (χ4n) is 1.74. The summed E-state index contributed by atoms with van der Waals surface area (Å²) in [6.45, 7) is 1.68. The van der Waals surface area contributed by atoms with Crippen LogP contribution in [-0.2, 0) is 0 Å². The largest absolute Gasteiger partial charge is 0.369 e. The van der Waals surface area contributed by atoms with Crippen LogP contribution in [0.2, 0.25) is 0 Å². The second-order valence-corrected chi connectivity index (χ2v) is 6.06. The summed E-state index contributed by atoms with van der Waals surface area (Å²) in [5, 5.41) is 18.0. The van der Waals surface area contributed by atoms with E-state index in [2.05, 4.69) is 15.6 Å². The molecular weight excluding hydrogens is 252 g/mol. The molecule has 0 aromatic carbocycles. The summed E-state index contributed by atoms with van der Waals surface area (Å²) in [6.07, 6.45) is 4.95. The average Bonchev–Trinajstić information content (AvgIpc) is 3.24. The number of nitrogens with zero attached hydrogens (tertiary/aromatic N) is 2. The molecule has 2 fully saturated rings. The first-order valence-corrected chi connectivity index (χ1v) is 7.17. The van der Waals surface area contributed by atoms with Crippen molar-refractivity contribution in [2.24, 2.45) is 11.8 Å². The topological polar surface area (TPSA) is 80.1 Å². The Labute approximate surface area is 109 Å². The van der Waals surface area contributed by atoms with Crippen LogP contribution < -0.4 is 10.6 Å². The van der Waals surface area contributed by atoms with Gasteiger partial charge in [-0.25, -0.2) is 0 Å². The van der Waals surface area contributed by atoms with E-state index >= 15 is 0 Å². The van der Waals surface area contributed by atoms with Gasteiger partial charge in [-0.3, -0.25) is 10.1 Å². The highest BCUT2D eigenvalue weighted by molar-refractivity contribution is 7.19. The zero-order valence-corrected chi connectivity index (χ0v) is 10.8. The minimum atomic E-state index is -0.352. The Morgan fingerprint density at radius 1 is 1.22 bits per heavy atom. The highest BCUT2D eigenvalue weighted by atomic mass is 32.1. The summed E-state index contributed by atoms with van der Waals surface area (Å²) < 4.78 is 0. The van der Waals surface area contributed by atoms with E-state index in [1.807, 2.05) is 0 Å². The highest BCUT2D eigenvalue weighted by Gasteiger charge is 2.26. The van der Waals surface area contributed by atoms with Gasteiger partial charge in [0.05, 0.1) is 4.92 Å². The summed E-state index contributed by atoms with van der Waals surface area (Å²) in [7, 11) is 0. The van der Waals surface area contributed by atoms with Gasteiger partial charge in [0.15, 0.2) is 5.13 Å². The average molecular weight is 268 g/mol. The maximum atomic E-state index is 11.0. The van der Waals surface area contributed by atoms with E-state index in [-0.39, 0.29) is 9.92 Å². The number of hydrogen-bond donors (Lipinski definition) is 2. The maximum Gasteiger partial charge on any atom is 0.369 e. The number of hydrogen-bond acceptors (Lipinski definition) is 6. The van der Waals surface area contributed by atoms with Crippen LogP contribution in [0, 0.1) is 22.0 Å². The second-order valence-electron chi connectivity index (χ2n) is 5.08. The molecule has 0 saturated heterocycles. The molecule has 98 valence electrons. The first-order chi connectivity index (χ1) is 8.72. The predicted molar refractivity (Wildman–Crippen MR) is 71.2 cm³/mol. The van der Waals surface area contributed by atoms with E-state index in [1.165, 1.54) is 25.7 Å². The van der Waals surface area contributed by atoms with Crippen LogP contribution in [0.25, 0.3) is 0 Å². The third kappa shape index (κ3) is 2.90. The molecular formula is C11H16N4O2S. The Balaban J connectivity index is 1.65.